The van der Waals surface area contributed by atoms with Gasteiger partial charge in [-0.2, -0.15) is 0 Å². The molecule has 1 amide bonds. The number of amides is 1. The number of hydrogen-bond donors (Lipinski definition) is 1. The first kappa shape index (κ1) is 22.8. The highest BCUT2D eigenvalue weighted by atomic mass is 16.5. The number of piperidine rings is 1. The number of nitrogens with one attached hydrogen (secondary N) is 1. The molecule has 1 aliphatic rings. The molecule has 1 aromatic heterocycles. The lowest BCUT2D eigenvalue weighted by molar-refractivity contribution is -0.125. The number of anilines is 1. The number of benzene rings is 2. The van der Waals surface area contributed by atoms with Crippen molar-refractivity contribution in [2.24, 2.45) is 5.92 Å². The Morgan fingerprint density at radius 3 is 2.64 bits per heavy atom. The number of carbonyl (C=O) groups excluding carboxylic acids is 1. The number of aryl methyl sites for hydroxylation is 1. The van der Waals surface area contributed by atoms with E-state index in [-0.39, 0.29) is 11.8 Å². The average Bonchev–Trinajstić information content (AvgIpc) is 2.87. The molecular weight excluding hydrogens is 412 g/mol. The van der Waals surface area contributed by atoms with Gasteiger partial charge in [0.15, 0.2) is 5.82 Å². The van der Waals surface area contributed by atoms with E-state index in [0.717, 1.165) is 54.2 Å². The summed E-state index contributed by atoms with van der Waals surface area (Å²) in [5.74, 6) is 1.73. The van der Waals surface area contributed by atoms with Crippen LogP contribution in [-0.2, 0) is 11.3 Å². The fraction of sp³-hybridized carbons (Fsp3) is 0.370. The van der Waals surface area contributed by atoms with Gasteiger partial charge in [-0.05, 0) is 61.6 Å². The van der Waals surface area contributed by atoms with Gasteiger partial charge in [0.05, 0.1) is 18.2 Å². The number of aromatic nitrogens is 2. The van der Waals surface area contributed by atoms with Crippen molar-refractivity contribution in [1.82, 2.24) is 15.5 Å². The zero-order valence-corrected chi connectivity index (χ0v) is 19.5. The third kappa shape index (κ3) is 5.89. The van der Waals surface area contributed by atoms with Gasteiger partial charge in [-0.25, -0.2) is 0 Å². The van der Waals surface area contributed by atoms with Gasteiger partial charge in [0.25, 0.3) is 0 Å². The van der Waals surface area contributed by atoms with Crippen LogP contribution < -0.4 is 15.0 Å². The summed E-state index contributed by atoms with van der Waals surface area (Å²) < 4.78 is 5.62. The van der Waals surface area contributed by atoms with Gasteiger partial charge in [-0.3, -0.25) is 4.79 Å². The molecule has 1 aliphatic heterocycles. The standard InChI is InChI=1S/C27H32N4O2/c1-3-17-33-23-12-10-21(11-13-23)18-28-27(32)22-8-6-16-31(19-22)26-15-14-25(29-30-26)24-9-5-4-7-20(24)2/h4-5,7,9-15,22H,3,6,8,16-19H2,1-2H3,(H,28,32)/t22-/m1/s1. The van der Waals surface area contributed by atoms with Crippen LogP contribution in [0.1, 0.15) is 37.3 Å². The summed E-state index contributed by atoms with van der Waals surface area (Å²) in [6, 6.07) is 20.1. The highest BCUT2D eigenvalue weighted by Crippen LogP contribution is 2.25. The fourth-order valence-electron chi connectivity index (χ4n) is 4.15. The second-order valence-corrected chi connectivity index (χ2v) is 8.59. The van der Waals surface area contributed by atoms with Crippen molar-refractivity contribution in [3.8, 4) is 17.0 Å². The van der Waals surface area contributed by atoms with Crippen LogP contribution in [0.25, 0.3) is 11.3 Å². The van der Waals surface area contributed by atoms with Crippen molar-refractivity contribution < 1.29 is 9.53 Å². The molecule has 0 spiro atoms. The van der Waals surface area contributed by atoms with Gasteiger partial charge < -0.3 is 15.0 Å². The monoisotopic (exact) mass is 444 g/mol. The second kappa shape index (κ2) is 10.9. The summed E-state index contributed by atoms with van der Waals surface area (Å²) in [5, 5.41) is 12.0. The van der Waals surface area contributed by atoms with Crippen LogP contribution in [-0.4, -0.2) is 35.8 Å². The Morgan fingerprint density at radius 1 is 1.09 bits per heavy atom. The van der Waals surface area contributed by atoms with E-state index in [1.807, 2.05) is 48.5 Å². The summed E-state index contributed by atoms with van der Waals surface area (Å²) in [6.45, 7) is 6.95. The molecule has 1 atom stereocenters. The predicted octanol–water partition coefficient (Wildman–Crippen LogP) is 4.77. The third-order valence-corrected chi connectivity index (χ3v) is 6.05. The molecule has 2 aromatic carbocycles. The quantitative estimate of drug-likeness (QED) is 0.542. The van der Waals surface area contributed by atoms with E-state index in [9.17, 15) is 4.79 Å². The predicted molar refractivity (Wildman–Crippen MR) is 131 cm³/mol. The fourth-order valence-corrected chi connectivity index (χ4v) is 4.15. The molecule has 3 aromatic rings. The molecule has 0 bridgehead atoms. The molecule has 33 heavy (non-hydrogen) atoms. The van der Waals surface area contributed by atoms with Crippen LogP contribution >= 0.6 is 0 Å². The first-order valence-electron chi connectivity index (χ1n) is 11.8. The Labute approximate surface area is 196 Å². The van der Waals surface area contributed by atoms with Gasteiger partial charge in [0, 0.05) is 25.2 Å². The van der Waals surface area contributed by atoms with Crippen LogP contribution in [0, 0.1) is 12.8 Å². The summed E-state index contributed by atoms with van der Waals surface area (Å²) >= 11 is 0. The van der Waals surface area contributed by atoms with E-state index >= 15 is 0 Å². The van der Waals surface area contributed by atoms with E-state index in [1.54, 1.807) is 0 Å². The normalized spacial score (nSPS) is 15.8. The SMILES string of the molecule is CCCOc1ccc(CNC(=O)[C@@H]2CCCN(c3ccc(-c4ccccc4C)nn3)C2)cc1. The molecular formula is C27H32N4O2. The van der Waals surface area contributed by atoms with Crippen molar-refractivity contribution in [1.29, 1.82) is 0 Å². The van der Waals surface area contributed by atoms with Gasteiger partial charge in [0.1, 0.15) is 5.75 Å². The lowest BCUT2D eigenvalue weighted by Crippen LogP contribution is -2.43. The lowest BCUT2D eigenvalue weighted by atomic mass is 9.97. The number of ether oxygens (including phenoxy) is 1. The number of hydrogen-bond acceptors (Lipinski definition) is 5. The first-order chi connectivity index (χ1) is 16.1. The summed E-state index contributed by atoms with van der Waals surface area (Å²) in [7, 11) is 0. The molecule has 1 saturated heterocycles. The van der Waals surface area contributed by atoms with Crippen LogP contribution in [0.3, 0.4) is 0 Å². The van der Waals surface area contributed by atoms with Gasteiger partial charge >= 0.3 is 0 Å². The number of rotatable bonds is 8. The molecule has 6 heteroatoms. The molecule has 2 heterocycles. The number of nitrogens with zero attached hydrogens (tertiary/aromatic N) is 3. The summed E-state index contributed by atoms with van der Waals surface area (Å²) in [6.07, 6.45) is 2.84. The Hall–Kier alpha value is -3.41. The van der Waals surface area contributed by atoms with Crippen molar-refractivity contribution in [3.05, 3.63) is 71.8 Å². The van der Waals surface area contributed by atoms with Crippen molar-refractivity contribution >= 4 is 11.7 Å². The Balaban J connectivity index is 1.32. The summed E-state index contributed by atoms with van der Waals surface area (Å²) in [4.78, 5) is 15.0. The van der Waals surface area contributed by atoms with Gasteiger partial charge in [-0.15, -0.1) is 10.2 Å². The van der Waals surface area contributed by atoms with Crippen LogP contribution in [0.15, 0.2) is 60.7 Å². The van der Waals surface area contributed by atoms with E-state index in [4.69, 9.17) is 4.74 Å². The maximum Gasteiger partial charge on any atom is 0.225 e. The topological polar surface area (TPSA) is 67.3 Å². The number of carbonyl (C=O) groups is 1. The van der Waals surface area contributed by atoms with Crippen molar-refractivity contribution in [3.63, 3.8) is 0 Å². The molecule has 0 radical (unpaired) electrons. The van der Waals surface area contributed by atoms with Crippen molar-refractivity contribution in [2.75, 3.05) is 24.6 Å². The minimum atomic E-state index is -0.0521. The molecule has 0 saturated carbocycles. The maximum absolute atomic E-state index is 12.8. The zero-order chi connectivity index (χ0) is 23.0. The molecule has 172 valence electrons. The highest BCUT2D eigenvalue weighted by molar-refractivity contribution is 5.79. The minimum Gasteiger partial charge on any atom is -0.494 e. The zero-order valence-electron chi connectivity index (χ0n) is 19.5. The highest BCUT2D eigenvalue weighted by Gasteiger charge is 2.26. The smallest absolute Gasteiger partial charge is 0.225 e. The molecule has 0 unspecified atom stereocenters. The molecule has 1 fully saturated rings. The largest absolute Gasteiger partial charge is 0.494 e. The second-order valence-electron chi connectivity index (χ2n) is 8.59. The van der Waals surface area contributed by atoms with Crippen LogP contribution in [0.2, 0.25) is 0 Å². The van der Waals surface area contributed by atoms with Crippen molar-refractivity contribution in [2.45, 2.75) is 39.7 Å². The lowest BCUT2D eigenvalue weighted by Gasteiger charge is -2.32. The minimum absolute atomic E-state index is 0.0521. The Kier molecular flexibility index (Phi) is 7.55. The van der Waals surface area contributed by atoms with E-state index in [2.05, 4.69) is 46.4 Å². The third-order valence-electron chi connectivity index (χ3n) is 6.05. The molecule has 0 aliphatic carbocycles. The molecule has 1 N–H and O–H groups in total. The Morgan fingerprint density at radius 2 is 1.91 bits per heavy atom. The van der Waals surface area contributed by atoms with Crippen LogP contribution in [0.5, 0.6) is 5.75 Å². The maximum atomic E-state index is 12.8. The molecule has 4 rings (SSSR count). The molecule has 6 nitrogen and oxygen atoms in total. The first-order valence-corrected chi connectivity index (χ1v) is 11.8. The van der Waals surface area contributed by atoms with E-state index < -0.39 is 0 Å². The van der Waals surface area contributed by atoms with Gasteiger partial charge in [0.2, 0.25) is 5.91 Å². The summed E-state index contributed by atoms with van der Waals surface area (Å²) in [5.41, 5.74) is 4.21. The Bertz CT molecular complexity index is 1050. The van der Waals surface area contributed by atoms with Crippen LogP contribution in [0.4, 0.5) is 5.82 Å². The van der Waals surface area contributed by atoms with E-state index in [0.29, 0.717) is 19.7 Å². The van der Waals surface area contributed by atoms with E-state index in [1.165, 1.54) is 5.56 Å². The van der Waals surface area contributed by atoms with Gasteiger partial charge in [-0.1, -0.05) is 43.3 Å². The average molecular weight is 445 g/mol.